The van der Waals surface area contributed by atoms with Gasteiger partial charge in [0.25, 0.3) is 0 Å². The minimum absolute atomic E-state index is 0.0132. The summed E-state index contributed by atoms with van der Waals surface area (Å²) in [6, 6.07) is 0. The molecule has 0 bridgehead atoms. The van der Waals surface area contributed by atoms with Crippen LogP contribution in [0, 0.1) is 0 Å². The Bertz CT molecular complexity index is 171. The second kappa shape index (κ2) is 7.27. The molecule has 0 N–H and O–H groups in total. The van der Waals surface area contributed by atoms with Crippen molar-refractivity contribution in [1.29, 1.82) is 0 Å². The average molecular weight is 208 g/mol. The first-order valence-corrected chi connectivity index (χ1v) is 5.98. The maximum atomic E-state index is 11.7. The topological polar surface area (TPSA) is 44.8 Å². The summed E-state index contributed by atoms with van der Waals surface area (Å²) in [5, 5.41) is 0. The lowest BCUT2D eigenvalue weighted by atomic mass is 10.7. The Morgan fingerprint density at radius 3 is 2.23 bits per heavy atom. The van der Waals surface area contributed by atoms with Crippen LogP contribution >= 0.6 is 7.60 Å². The van der Waals surface area contributed by atoms with Gasteiger partial charge in [0.05, 0.1) is 19.8 Å². The van der Waals surface area contributed by atoms with Crippen molar-refractivity contribution < 1.29 is 18.3 Å². The van der Waals surface area contributed by atoms with Gasteiger partial charge in [0, 0.05) is 0 Å². The smallest absolute Gasteiger partial charge is 0.356 e. The lowest BCUT2D eigenvalue weighted by Crippen LogP contribution is -2.03. The average Bonchev–Trinajstić information content (AvgIpc) is 2.05. The van der Waals surface area contributed by atoms with Gasteiger partial charge in [0.2, 0.25) is 0 Å². The third-order valence-electron chi connectivity index (χ3n) is 1.14. The summed E-state index contributed by atoms with van der Waals surface area (Å²) >= 11 is 0. The van der Waals surface area contributed by atoms with Gasteiger partial charge in [-0.15, -0.1) is 6.58 Å². The Kier molecular flexibility index (Phi) is 7.19. The fourth-order valence-electron chi connectivity index (χ4n) is 0.753. The molecule has 0 spiro atoms. The van der Waals surface area contributed by atoms with Crippen LogP contribution in [-0.2, 0) is 18.3 Å². The van der Waals surface area contributed by atoms with Crippen LogP contribution in [0.2, 0.25) is 0 Å². The second-order valence-corrected chi connectivity index (χ2v) is 4.23. The quantitative estimate of drug-likeness (QED) is 0.349. The second-order valence-electron chi connectivity index (χ2n) is 2.24. The molecule has 4 nitrogen and oxygen atoms in total. The molecular formula is C8H17O4P. The molecule has 0 heterocycles. The number of hydrogen-bond donors (Lipinski definition) is 0. The van der Waals surface area contributed by atoms with Gasteiger partial charge in [-0.3, -0.25) is 4.57 Å². The zero-order valence-electron chi connectivity index (χ0n) is 8.19. The number of ether oxygens (including phenoxy) is 1. The van der Waals surface area contributed by atoms with Gasteiger partial charge >= 0.3 is 7.60 Å². The Labute approximate surface area is 79.4 Å². The summed E-state index contributed by atoms with van der Waals surface area (Å²) in [6.07, 6.45) is 1.57. The largest absolute Gasteiger partial charge is 0.365 e. The molecule has 5 heteroatoms. The van der Waals surface area contributed by atoms with Gasteiger partial charge in [-0.2, -0.15) is 0 Å². The Morgan fingerprint density at radius 2 is 1.85 bits per heavy atom. The highest BCUT2D eigenvalue weighted by molar-refractivity contribution is 7.53. The first-order chi connectivity index (χ1) is 6.18. The molecule has 0 saturated carbocycles. The van der Waals surface area contributed by atoms with Crippen LogP contribution in [0.5, 0.6) is 0 Å². The van der Waals surface area contributed by atoms with Crippen molar-refractivity contribution >= 4 is 7.60 Å². The van der Waals surface area contributed by atoms with E-state index in [9.17, 15) is 4.57 Å². The Balaban J connectivity index is 3.91. The van der Waals surface area contributed by atoms with Crippen LogP contribution in [0.1, 0.15) is 13.8 Å². The number of hydrogen-bond acceptors (Lipinski definition) is 4. The van der Waals surface area contributed by atoms with Crippen molar-refractivity contribution in [3.8, 4) is 0 Å². The van der Waals surface area contributed by atoms with Gasteiger partial charge in [0.15, 0.2) is 0 Å². The van der Waals surface area contributed by atoms with E-state index in [0.29, 0.717) is 19.8 Å². The van der Waals surface area contributed by atoms with Crippen LogP contribution in [0.3, 0.4) is 0 Å². The molecule has 78 valence electrons. The summed E-state index contributed by atoms with van der Waals surface area (Å²) in [4.78, 5) is 0. The molecule has 0 aliphatic heterocycles. The standard InChI is InChI=1S/C8H17O4P/c1-4-7-10-8-13(9,11-5-2)12-6-3/h4H,1,5-8H2,2-3H3. The summed E-state index contributed by atoms with van der Waals surface area (Å²) in [6.45, 7) is 8.07. The van der Waals surface area contributed by atoms with E-state index in [4.69, 9.17) is 13.8 Å². The monoisotopic (exact) mass is 208 g/mol. The zero-order chi connectivity index (χ0) is 10.2. The lowest BCUT2D eigenvalue weighted by Gasteiger charge is -2.16. The summed E-state index contributed by atoms with van der Waals surface area (Å²) in [5.41, 5.74) is 0. The first-order valence-electron chi connectivity index (χ1n) is 4.25. The summed E-state index contributed by atoms with van der Waals surface area (Å²) in [7, 11) is -3.02. The highest BCUT2D eigenvalue weighted by Gasteiger charge is 2.23. The van der Waals surface area contributed by atoms with Gasteiger partial charge < -0.3 is 13.8 Å². The van der Waals surface area contributed by atoms with E-state index in [0.717, 1.165) is 0 Å². The number of rotatable bonds is 8. The molecule has 0 aromatic heterocycles. The van der Waals surface area contributed by atoms with Crippen LogP contribution in [-0.4, -0.2) is 26.2 Å². The highest BCUT2D eigenvalue weighted by atomic mass is 31.2. The van der Waals surface area contributed by atoms with Gasteiger partial charge in [-0.1, -0.05) is 6.08 Å². The SMILES string of the molecule is C=CCOCP(=O)(OCC)OCC. The molecule has 0 amide bonds. The minimum Gasteiger partial charge on any atom is -0.365 e. The van der Waals surface area contributed by atoms with Gasteiger partial charge in [-0.25, -0.2) is 0 Å². The van der Waals surface area contributed by atoms with Crippen molar-refractivity contribution in [2.24, 2.45) is 0 Å². The highest BCUT2D eigenvalue weighted by Crippen LogP contribution is 2.47. The normalized spacial score (nSPS) is 11.5. The molecule has 0 saturated heterocycles. The van der Waals surface area contributed by atoms with E-state index < -0.39 is 7.60 Å². The van der Waals surface area contributed by atoms with Crippen LogP contribution in [0.15, 0.2) is 12.7 Å². The zero-order valence-corrected chi connectivity index (χ0v) is 9.09. The molecule has 0 aromatic rings. The van der Waals surface area contributed by atoms with E-state index in [1.807, 2.05) is 0 Å². The lowest BCUT2D eigenvalue weighted by molar-refractivity contribution is 0.150. The first kappa shape index (κ1) is 12.8. The molecule has 0 fully saturated rings. The van der Waals surface area contributed by atoms with E-state index in [-0.39, 0.29) is 6.35 Å². The van der Waals surface area contributed by atoms with Crippen molar-refractivity contribution in [2.75, 3.05) is 26.2 Å². The fraction of sp³-hybridized carbons (Fsp3) is 0.750. The van der Waals surface area contributed by atoms with Gasteiger partial charge in [-0.05, 0) is 13.8 Å². The van der Waals surface area contributed by atoms with E-state index in [1.165, 1.54) is 0 Å². The van der Waals surface area contributed by atoms with Crippen LogP contribution in [0.25, 0.3) is 0 Å². The molecule has 0 aliphatic rings. The molecule has 0 radical (unpaired) electrons. The molecular weight excluding hydrogens is 191 g/mol. The Hall–Kier alpha value is -0.150. The molecule has 0 atom stereocenters. The van der Waals surface area contributed by atoms with E-state index in [2.05, 4.69) is 6.58 Å². The summed E-state index contributed by atoms with van der Waals surface area (Å²) in [5.74, 6) is 0. The maximum Gasteiger partial charge on any atom is 0.356 e. The minimum atomic E-state index is -3.02. The van der Waals surface area contributed by atoms with Crippen molar-refractivity contribution in [3.63, 3.8) is 0 Å². The third kappa shape index (κ3) is 5.99. The van der Waals surface area contributed by atoms with Crippen molar-refractivity contribution in [1.82, 2.24) is 0 Å². The van der Waals surface area contributed by atoms with Crippen LogP contribution in [0.4, 0.5) is 0 Å². The predicted octanol–water partition coefficient (Wildman–Crippen LogP) is 2.41. The molecule has 0 unspecified atom stereocenters. The fourth-order valence-corrected chi connectivity index (χ4v) is 2.09. The van der Waals surface area contributed by atoms with Crippen molar-refractivity contribution in [2.45, 2.75) is 13.8 Å². The Morgan fingerprint density at radius 1 is 1.31 bits per heavy atom. The van der Waals surface area contributed by atoms with Crippen LogP contribution < -0.4 is 0 Å². The van der Waals surface area contributed by atoms with Crippen molar-refractivity contribution in [3.05, 3.63) is 12.7 Å². The van der Waals surface area contributed by atoms with Gasteiger partial charge in [0.1, 0.15) is 6.35 Å². The maximum absolute atomic E-state index is 11.7. The third-order valence-corrected chi connectivity index (χ3v) is 2.94. The van der Waals surface area contributed by atoms with E-state index in [1.54, 1.807) is 19.9 Å². The summed E-state index contributed by atoms with van der Waals surface area (Å²) < 4.78 is 26.7. The molecule has 0 aromatic carbocycles. The molecule has 13 heavy (non-hydrogen) atoms. The molecule has 0 aliphatic carbocycles. The predicted molar refractivity (Wildman–Crippen MR) is 51.9 cm³/mol. The molecule has 0 rings (SSSR count). The van der Waals surface area contributed by atoms with E-state index >= 15 is 0 Å².